The van der Waals surface area contributed by atoms with Crippen molar-refractivity contribution in [3.63, 3.8) is 0 Å². The van der Waals surface area contributed by atoms with E-state index in [1.807, 2.05) is 0 Å². The number of aromatic nitrogens is 1. The first kappa shape index (κ1) is 22.0. The lowest BCUT2D eigenvalue weighted by atomic mass is 10.1. The second-order valence-electron chi connectivity index (χ2n) is 6.77. The Bertz CT molecular complexity index is 1280. The number of nitrogens with zero attached hydrogens (tertiary/aromatic N) is 1. The molecule has 0 bridgehead atoms. The zero-order chi connectivity index (χ0) is 22.8. The molecule has 2 N–H and O–H groups in total. The number of hydrogen-bond acceptors (Lipinski definition) is 7. The van der Waals surface area contributed by atoms with Crippen LogP contribution in [0.4, 0.5) is 0 Å². The van der Waals surface area contributed by atoms with Gasteiger partial charge < -0.3 is 14.9 Å². The van der Waals surface area contributed by atoms with E-state index in [9.17, 15) is 23.1 Å². The Morgan fingerprint density at radius 2 is 1.84 bits per heavy atom. The van der Waals surface area contributed by atoms with Gasteiger partial charge in [-0.1, -0.05) is 12.1 Å². The van der Waals surface area contributed by atoms with Crippen LogP contribution in [0.25, 0.3) is 0 Å². The zero-order valence-corrected chi connectivity index (χ0v) is 17.5. The third kappa shape index (κ3) is 4.56. The number of ether oxygens (including phenoxy) is 1. The number of carbonyl (C=O) groups excluding carboxylic acids is 1. The number of aromatic carboxylic acids is 1. The van der Waals surface area contributed by atoms with Gasteiger partial charge in [-0.3, -0.25) is 4.79 Å². The molecule has 0 aliphatic rings. The number of phenolic OH excluding ortho intramolecular Hbond substituents is 1. The largest absolute Gasteiger partial charge is 0.507 e. The average Bonchev–Trinajstić information content (AvgIpc) is 2.74. The molecule has 31 heavy (non-hydrogen) atoms. The van der Waals surface area contributed by atoms with Crippen molar-refractivity contribution in [1.29, 1.82) is 0 Å². The highest BCUT2D eigenvalue weighted by Crippen LogP contribution is 2.31. The molecular weight excluding hydrogens is 422 g/mol. The lowest BCUT2D eigenvalue weighted by molar-refractivity contribution is 0.0696. The average molecular weight is 441 g/mol. The van der Waals surface area contributed by atoms with Crippen LogP contribution in [0.5, 0.6) is 11.5 Å². The van der Waals surface area contributed by atoms with Crippen molar-refractivity contribution in [3.8, 4) is 11.5 Å². The Balaban J connectivity index is 1.86. The van der Waals surface area contributed by atoms with Gasteiger partial charge in [0.1, 0.15) is 18.1 Å². The first-order chi connectivity index (χ1) is 14.6. The molecule has 1 heterocycles. The van der Waals surface area contributed by atoms with Gasteiger partial charge in [-0.05, 0) is 55.8 Å². The van der Waals surface area contributed by atoms with Crippen molar-refractivity contribution >= 4 is 21.6 Å². The molecular formula is C22H19NO7S. The van der Waals surface area contributed by atoms with E-state index < -0.39 is 15.8 Å². The Kier molecular flexibility index (Phi) is 6.07. The van der Waals surface area contributed by atoms with Crippen LogP contribution in [0.15, 0.2) is 64.6 Å². The van der Waals surface area contributed by atoms with Gasteiger partial charge in [-0.2, -0.15) is 0 Å². The lowest BCUT2D eigenvalue weighted by Gasteiger charge is -2.13. The summed E-state index contributed by atoms with van der Waals surface area (Å²) in [6.45, 7) is 2.96. The van der Waals surface area contributed by atoms with Crippen molar-refractivity contribution in [3.05, 3.63) is 77.0 Å². The number of carbonyl (C=O) groups is 2. The number of benzene rings is 2. The van der Waals surface area contributed by atoms with E-state index in [0.29, 0.717) is 16.9 Å². The van der Waals surface area contributed by atoms with Crippen LogP contribution in [0, 0.1) is 6.92 Å². The molecule has 0 amide bonds. The van der Waals surface area contributed by atoms with E-state index >= 15 is 0 Å². The smallest absolute Gasteiger partial charge is 0.335 e. The zero-order valence-electron chi connectivity index (χ0n) is 16.7. The molecule has 0 fully saturated rings. The Morgan fingerprint density at radius 1 is 1.10 bits per heavy atom. The van der Waals surface area contributed by atoms with Crippen molar-refractivity contribution in [1.82, 2.24) is 4.98 Å². The molecule has 0 saturated carbocycles. The van der Waals surface area contributed by atoms with Crippen molar-refractivity contribution < 1.29 is 33.0 Å². The topological polar surface area (TPSA) is 131 Å². The number of pyridine rings is 1. The molecule has 3 rings (SSSR count). The van der Waals surface area contributed by atoms with Gasteiger partial charge in [-0.25, -0.2) is 18.2 Å². The van der Waals surface area contributed by atoms with Crippen LogP contribution in [-0.4, -0.2) is 35.4 Å². The van der Waals surface area contributed by atoms with Crippen LogP contribution < -0.4 is 4.74 Å². The Labute approximate surface area is 178 Å². The molecule has 9 heteroatoms. The predicted molar refractivity (Wildman–Crippen MR) is 110 cm³/mol. The molecule has 0 aliphatic heterocycles. The summed E-state index contributed by atoms with van der Waals surface area (Å²) in [6, 6.07) is 11.2. The summed E-state index contributed by atoms with van der Waals surface area (Å²) in [4.78, 5) is 26.4. The van der Waals surface area contributed by atoms with E-state index in [0.717, 1.165) is 12.3 Å². The van der Waals surface area contributed by atoms with E-state index in [4.69, 9.17) is 9.84 Å². The monoisotopic (exact) mass is 441 g/mol. The van der Waals surface area contributed by atoms with Crippen LogP contribution in [0.1, 0.15) is 38.8 Å². The first-order valence-electron chi connectivity index (χ1n) is 9.11. The highest BCUT2D eigenvalue weighted by atomic mass is 32.2. The number of ketones is 1. The van der Waals surface area contributed by atoms with Crippen LogP contribution in [0.3, 0.4) is 0 Å². The molecule has 0 spiro atoms. The van der Waals surface area contributed by atoms with Gasteiger partial charge in [0.05, 0.1) is 16.0 Å². The minimum Gasteiger partial charge on any atom is -0.507 e. The molecule has 0 aliphatic carbocycles. The summed E-state index contributed by atoms with van der Waals surface area (Å²) in [7, 11) is -4.04. The summed E-state index contributed by atoms with van der Waals surface area (Å²) < 4.78 is 31.5. The summed E-state index contributed by atoms with van der Waals surface area (Å²) in [5.74, 6) is -1.33. The van der Waals surface area contributed by atoms with Gasteiger partial charge in [0.25, 0.3) is 0 Å². The Hall–Kier alpha value is -3.72. The summed E-state index contributed by atoms with van der Waals surface area (Å²) in [5.41, 5.74) is 0.933. The molecule has 0 atom stereocenters. The fraction of sp³-hybridized carbons (Fsp3) is 0.136. The first-order valence-corrected chi connectivity index (χ1v) is 10.6. The summed E-state index contributed by atoms with van der Waals surface area (Å²) in [6.07, 6.45) is 1.13. The number of Topliss-reactive ketones (excluding diaryl/α,β-unsaturated/α-hetero) is 1. The number of carboxylic acid groups (broad SMARTS) is 1. The molecule has 0 saturated heterocycles. The van der Waals surface area contributed by atoms with E-state index in [-0.39, 0.29) is 39.2 Å². The van der Waals surface area contributed by atoms with Gasteiger partial charge >= 0.3 is 5.97 Å². The summed E-state index contributed by atoms with van der Waals surface area (Å²) >= 11 is 0. The third-order valence-electron chi connectivity index (χ3n) is 4.62. The SMILES string of the molecule is CC(=O)c1ccc(OCc2cccc(S(=O)(=O)c3cc(C(=O)O)ccn3)c2)c(C)c1O. The number of hydrogen-bond donors (Lipinski definition) is 2. The normalized spacial score (nSPS) is 11.2. The van der Waals surface area contributed by atoms with Gasteiger partial charge in [0.2, 0.25) is 9.84 Å². The number of aromatic hydroxyl groups is 1. The van der Waals surface area contributed by atoms with E-state index in [2.05, 4.69) is 4.98 Å². The fourth-order valence-corrected chi connectivity index (χ4v) is 4.18. The van der Waals surface area contributed by atoms with Crippen molar-refractivity contribution in [2.24, 2.45) is 0 Å². The highest BCUT2D eigenvalue weighted by Gasteiger charge is 2.21. The van der Waals surface area contributed by atoms with Crippen LogP contribution in [-0.2, 0) is 16.4 Å². The predicted octanol–water partition coefficient (Wildman–Crippen LogP) is 3.41. The molecule has 1 aromatic heterocycles. The minimum atomic E-state index is -4.04. The van der Waals surface area contributed by atoms with Crippen LogP contribution >= 0.6 is 0 Å². The molecule has 2 aromatic carbocycles. The number of sulfone groups is 1. The van der Waals surface area contributed by atoms with Gasteiger partial charge in [-0.15, -0.1) is 0 Å². The third-order valence-corrected chi connectivity index (χ3v) is 6.27. The maximum Gasteiger partial charge on any atom is 0.335 e. The van der Waals surface area contributed by atoms with Gasteiger partial charge in [0, 0.05) is 11.8 Å². The van der Waals surface area contributed by atoms with Crippen molar-refractivity contribution in [2.75, 3.05) is 0 Å². The maximum absolute atomic E-state index is 12.9. The fourth-order valence-electron chi connectivity index (χ4n) is 2.90. The molecule has 160 valence electrons. The second kappa shape index (κ2) is 8.57. The molecule has 0 radical (unpaired) electrons. The Morgan fingerprint density at radius 3 is 2.52 bits per heavy atom. The van der Waals surface area contributed by atoms with Crippen molar-refractivity contribution in [2.45, 2.75) is 30.4 Å². The number of rotatable bonds is 7. The quantitative estimate of drug-likeness (QED) is 0.533. The number of phenols is 1. The molecule has 8 nitrogen and oxygen atoms in total. The highest BCUT2D eigenvalue weighted by molar-refractivity contribution is 7.91. The van der Waals surface area contributed by atoms with Gasteiger partial charge in [0.15, 0.2) is 10.8 Å². The second-order valence-corrected chi connectivity index (χ2v) is 8.67. The minimum absolute atomic E-state index is 0.00561. The van der Waals surface area contributed by atoms with Crippen LogP contribution in [0.2, 0.25) is 0 Å². The molecule has 0 unspecified atom stereocenters. The van der Waals surface area contributed by atoms with E-state index in [1.165, 1.54) is 37.3 Å². The number of carboxylic acids is 1. The van der Waals surface area contributed by atoms with E-state index in [1.54, 1.807) is 19.1 Å². The molecule has 3 aromatic rings. The standard InChI is InChI=1S/C22H19NO7S/c1-13-19(7-6-18(14(2)24)21(13)25)30-12-15-4-3-5-17(10-15)31(28,29)20-11-16(22(26)27)8-9-23-20/h3-11,25H,12H2,1-2H3,(H,26,27). The summed E-state index contributed by atoms with van der Waals surface area (Å²) in [5, 5.41) is 18.9. The maximum atomic E-state index is 12.9. The lowest BCUT2D eigenvalue weighted by Crippen LogP contribution is -2.08.